The first kappa shape index (κ1) is 38.4. The van der Waals surface area contributed by atoms with Crippen molar-refractivity contribution in [1.29, 1.82) is 0 Å². The molecule has 0 aliphatic carbocycles. The smallest absolute Gasteiger partial charge is 0.264 e. The van der Waals surface area contributed by atoms with E-state index < -0.39 is 48.2 Å². The van der Waals surface area contributed by atoms with E-state index >= 15 is 0 Å². The Morgan fingerprint density at radius 2 is 1.60 bits per heavy atom. The second kappa shape index (κ2) is 15.3. The summed E-state index contributed by atoms with van der Waals surface area (Å²) in [7, 11) is -3.79. The Kier molecular flexibility index (Phi) is 12.2. The van der Waals surface area contributed by atoms with E-state index in [0.29, 0.717) is 12.1 Å². The van der Waals surface area contributed by atoms with Crippen LogP contribution in [0.1, 0.15) is 65.3 Å². The van der Waals surface area contributed by atoms with Gasteiger partial charge in [-0.05, 0) is 51.1 Å². The number of aliphatic hydroxyl groups is 1. The second-order valence-electron chi connectivity index (χ2n) is 13.7. The lowest BCUT2D eigenvalue weighted by Gasteiger charge is -2.51. The van der Waals surface area contributed by atoms with Gasteiger partial charge in [0.15, 0.2) is 5.75 Å². The monoisotopic (exact) mass is 765 g/mol. The molecule has 264 valence electrons. The molecule has 0 saturated heterocycles. The van der Waals surface area contributed by atoms with Crippen LogP contribution in [0.3, 0.4) is 0 Å². The van der Waals surface area contributed by atoms with Gasteiger partial charge >= 0.3 is 0 Å². The number of aromatic nitrogens is 1. The van der Waals surface area contributed by atoms with Gasteiger partial charge in [-0.1, -0.05) is 88.4 Å². The minimum Gasteiger partial charge on any atom is -0.491 e. The van der Waals surface area contributed by atoms with Gasteiger partial charge in [-0.25, -0.2) is 0 Å². The Labute approximate surface area is 293 Å². The third-order valence-electron chi connectivity index (χ3n) is 9.28. The van der Waals surface area contributed by atoms with Crippen molar-refractivity contribution in [3.8, 4) is 5.75 Å². The van der Waals surface area contributed by atoms with Crippen molar-refractivity contribution in [2.24, 2.45) is 5.41 Å². The van der Waals surface area contributed by atoms with E-state index in [2.05, 4.69) is 61.0 Å². The molecular formula is C35H48BrNO9SSi. The van der Waals surface area contributed by atoms with Crippen LogP contribution in [0.25, 0.3) is 0 Å². The van der Waals surface area contributed by atoms with E-state index in [1.54, 1.807) is 17.7 Å². The number of hydrogen-bond acceptors (Lipinski definition) is 9. The van der Waals surface area contributed by atoms with Crippen LogP contribution in [0.4, 0.5) is 0 Å². The lowest BCUT2D eigenvalue weighted by atomic mass is 9.68. The molecule has 3 aromatic rings. The minimum atomic E-state index is -3.78. The van der Waals surface area contributed by atoms with E-state index in [1.165, 1.54) is 14.2 Å². The fourth-order valence-corrected chi connectivity index (χ4v) is 12.8. The topological polar surface area (TPSA) is 123 Å². The van der Waals surface area contributed by atoms with Gasteiger partial charge < -0.3 is 28.3 Å². The standard InChI is InChI=1S/C35H48BrNO9SSi/c1-24(46-47(8,40)41)21-28-32(39)35(5,33(44-23-42-6)29-31(43-7)30(38)27(36)22-37(28)29)19-20-45-48(34(2,3)4,25-15-11-9-12-16-25)26-17-13-10-14-18-26/h9-18,22,24,28,32-33,39H,19-21,23H2,1-8H3. The molecule has 1 N–H and O–H groups in total. The molecule has 10 nitrogen and oxygen atoms in total. The van der Waals surface area contributed by atoms with Crippen LogP contribution >= 0.6 is 15.9 Å². The van der Waals surface area contributed by atoms with Gasteiger partial charge in [0.05, 0.1) is 41.8 Å². The lowest BCUT2D eigenvalue weighted by molar-refractivity contribution is -0.180. The molecule has 5 atom stereocenters. The lowest BCUT2D eigenvalue weighted by Crippen LogP contribution is -2.66. The second-order valence-corrected chi connectivity index (χ2v) is 20.5. The van der Waals surface area contributed by atoms with Gasteiger partial charge in [-0.15, -0.1) is 0 Å². The van der Waals surface area contributed by atoms with Crippen molar-refractivity contribution in [3.05, 3.63) is 87.3 Å². The quantitative estimate of drug-likeness (QED) is 0.138. The Morgan fingerprint density at radius 3 is 2.08 bits per heavy atom. The summed E-state index contributed by atoms with van der Waals surface area (Å²) < 4.78 is 56.0. The largest absolute Gasteiger partial charge is 0.491 e. The molecule has 0 saturated carbocycles. The molecule has 13 heteroatoms. The van der Waals surface area contributed by atoms with Crippen molar-refractivity contribution in [1.82, 2.24) is 4.57 Å². The average Bonchev–Trinajstić information content (AvgIpc) is 3.02. The van der Waals surface area contributed by atoms with Crippen LogP contribution in [0, 0.1) is 5.41 Å². The van der Waals surface area contributed by atoms with Gasteiger partial charge in [0.25, 0.3) is 18.4 Å². The Hall–Kier alpha value is -2.36. The number of benzene rings is 2. The van der Waals surface area contributed by atoms with Gasteiger partial charge in [0, 0.05) is 25.3 Å². The molecule has 4 rings (SSSR count). The van der Waals surface area contributed by atoms with Gasteiger partial charge in [-0.3, -0.25) is 8.98 Å². The van der Waals surface area contributed by atoms with Crippen LogP contribution in [-0.4, -0.2) is 72.5 Å². The Morgan fingerprint density at radius 1 is 1.04 bits per heavy atom. The molecule has 1 aliphatic rings. The van der Waals surface area contributed by atoms with E-state index in [-0.39, 0.29) is 40.5 Å². The van der Waals surface area contributed by atoms with Crippen LogP contribution in [0.5, 0.6) is 5.75 Å². The maximum atomic E-state index is 13.4. The first-order valence-corrected chi connectivity index (χ1v) is 20.4. The number of methoxy groups -OCH3 is 2. The summed E-state index contributed by atoms with van der Waals surface area (Å²) in [5.41, 5.74) is -1.03. The van der Waals surface area contributed by atoms with Crippen molar-refractivity contribution in [2.75, 3.05) is 33.9 Å². The number of hydrogen-bond donors (Lipinski definition) is 1. The first-order chi connectivity index (χ1) is 22.5. The number of aliphatic hydroxyl groups excluding tert-OH is 1. The van der Waals surface area contributed by atoms with E-state index in [1.807, 2.05) is 43.3 Å². The fraction of sp³-hybridized carbons (Fsp3) is 0.514. The van der Waals surface area contributed by atoms with E-state index in [0.717, 1.165) is 16.6 Å². The van der Waals surface area contributed by atoms with Gasteiger partial charge in [0.2, 0.25) is 5.43 Å². The van der Waals surface area contributed by atoms with E-state index in [4.69, 9.17) is 22.8 Å². The zero-order valence-corrected chi connectivity index (χ0v) is 32.3. The summed E-state index contributed by atoms with van der Waals surface area (Å²) in [6.07, 6.45) is 0.258. The number of nitrogens with zero attached hydrogens (tertiary/aromatic N) is 1. The number of pyridine rings is 1. The molecule has 5 unspecified atom stereocenters. The first-order valence-electron chi connectivity index (χ1n) is 15.9. The molecule has 1 aliphatic heterocycles. The van der Waals surface area contributed by atoms with Gasteiger partial charge in [-0.2, -0.15) is 8.42 Å². The number of halogens is 1. The van der Waals surface area contributed by atoms with Gasteiger partial charge in [0.1, 0.15) is 12.9 Å². The zero-order valence-electron chi connectivity index (χ0n) is 28.9. The van der Waals surface area contributed by atoms with Crippen LogP contribution in [-0.2, 0) is 28.2 Å². The molecule has 0 fully saturated rings. The molecular weight excluding hydrogens is 718 g/mol. The molecule has 0 radical (unpaired) electrons. The molecule has 0 bridgehead atoms. The third kappa shape index (κ3) is 7.68. The predicted octanol–water partition coefficient (Wildman–Crippen LogP) is 4.92. The summed E-state index contributed by atoms with van der Waals surface area (Å²) in [6, 6.07) is 19.9. The maximum Gasteiger partial charge on any atom is 0.264 e. The molecule has 48 heavy (non-hydrogen) atoms. The summed E-state index contributed by atoms with van der Waals surface area (Å²) in [6.45, 7) is 10.3. The highest BCUT2D eigenvalue weighted by molar-refractivity contribution is 9.10. The average molecular weight is 767 g/mol. The summed E-state index contributed by atoms with van der Waals surface area (Å²) in [4.78, 5) is 13.4. The maximum absolute atomic E-state index is 13.4. The fourth-order valence-electron chi connectivity index (χ4n) is 7.17. The molecule has 0 spiro atoms. The summed E-state index contributed by atoms with van der Waals surface area (Å²) in [5, 5.41) is 14.3. The number of ether oxygens (including phenoxy) is 3. The van der Waals surface area contributed by atoms with Crippen LogP contribution < -0.4 is 20.5 Å². The van der Waals surface area contributed by atoms with Crippen LogP contribution in [0.15, 0.2) is 76.1 Å². The number of fused-ring (bicyclic) bond motifs is 1. The minimum absolute atomic E-state index is 0.0539. The highest BCUT2D eigenvalue weighted by atomic mass is 79.9. The summed E-state index contributed by atoms with van der Waals surface area (Å²) in [5.74, 6) is 0.0539. The molecule has 2 aromatic carbocycles. The molecule has 1 aromatic heterocycles. The SMILES string of the molecule is COCOC1c2c(OC)c(=O)c(Br)cn2C(CC(C)OS(C)(=O)=O)C(O)C1(C)CCO[Si](c1ccccc1)(c1ccccc1)C(C)(C)C. The molecule has 2 heterocycles. The highest BCUT2D eigenvalue weighted by Gasteiger charge is 2.55. The third-order valence-corrected chi connectivity index (χ3v) is 15.6. The van der Waals surface area contributed by atoms with Crippen molar-refractivity contribution < 1.29 is 36.3 Å². The van der Waals surface area contributed by atoms with Crippen LogP contribution in [0.2, 0.25) is 5.04 Å². The normalized spacial score (nSPS) is 22.2. The zero-order chi connectivity index (χ0) is 35.5. The predicted molar refractivity (Wildman–Crippen MR) is 192 cm³/mol. The van der Waals surface area contributed by atoms with Crippen molar-refractivity contribution in [3.63, 3.8) is 0 Å². The van der Waals surface area contributed by atoms with Crippen molar-refractivity contribution >= 4 is 44.7 Å². The molecule has 0 amide bonds. The van der Waals surface area contributed by atoms with Crippen molar-refractivity contribution in [2.45, 2.75) is 76.9 Å². The Bertz CT molecular complexity index is 1660. The summed E-state index contributed by atoms with van der Waals surface area (Å²) >= 11 is 3.35. The number of rotatable bonds is 14. The van der Waals surface area contributed by atoms with E-state index in [9.17, 15) is 18.3 Å². The highest BCUT2D eigenvalue weighted by Crippen LogP contribution is 2.53. The Balaban J connectivity index is 1.86.